The Kier molecular flexibility index (Phi) is 10.2. The molecule has 0 spiro atoms. The normalized spacial score (nSPS) is 11.3. The van der Waals surface area contributed by atoms with Gasteiger partial charge in [0.2, 0.25) is 0 Å². The number of hydrogen-bond acceptors (Lipinski definition) is 4. The second kappa shape index (κ2) is 17.3. The molecular weight excluding hydrogens is 829 g/mol. The van der Waals surface area contributed by atoms with Crippen molar-refractivity contribution in [3.63, 3.8) is 0 Å². The second-order valence-corrected chi connectivity index (χ2v) is 17.0. The van der Waals surface area contributed by atoms with Crippen LogP contribution in [0.4, 0.5) is 28.4 Å². The Morgan fingerprint density at radius 1 is 0.412 bits per heavy atom. The van der Waals surface area contributed by atoms with Crippen molar-refractivity contribution in [3.05, 3.63) is 254 Å². The highest BCUT2D eigenvalue weighted by molar-refractivity contribution is 6.19. The van der Waals surface area contributed by atoms with E-state index in [2.05, 4.69) is 227 Å². The summed E-state index contributed by atoms with van der Waals surface area (Å²) in [6.07, 6.45) is 3.42. The van der Waals surface area contributed by atoms with E-state index in [1.807, 2.05) is 41.2 Å². The van der Waals surface area contributed by atoms with Crippen LogP contribution in [0.25, 0.3) is 77.5 Å². The lowest BCUT2D eigenvalue weighted by molar-refractivity contribution is 0.911. The van der Waals surface area contributed by atoms with Gasteiger partial charge in [0.25, 0.3) is 0 Å². The van der Waals surface area contributed by atoms with Gasteiger partial charge in [-0.05, 0) is 143 Å². The monoisotopic (exact) mass is 872 g/mol. The molecule has 2 aromatic heterocycles. The number of hydrogen-bond donors (Lipinski definition) is 2. The molecule has 322 valence electrons. The Bertz CT molecular complexity index is 3650. The smallest absolute Gasteiger partial charge is 0.0762 e. The second-order valence-electron chi connectivity index (χ2n) is 17.0. The number of rotatable bonds is 11. The quantitative estimate of drug-likeness (QED) is 0.127. The minimum Gasteiger partial charge on any atom is -0.355 e. The van der Waals surface area contributed by atoms with Crippen LogP contribution in [0.15, 0.2) is 249 Å². The van der Waals surface area contributed by atoms with Crippen molar-refractivity contribution >= 4 is 67.4 Å². The molecule has 0 aliphatic carbocycles. The van der Waals surface area contributed by atoms with Crippen molar-refractivity contribution in [2.24, 2.45) is 0 Å². The predicted octanol–water partition coefficient (Wildman–Crippen LogP) is 16.3. The van der Waals surface area contributed by atoms with E-state index in [0.29, 0.717) is 0 Å². The Morgan fingerprint density at radius 3 is 1.49 bits per heavy atom. The Labute approximate surface area is 394 Å². The lowest BCUT2D eigenvalue weighted by Gasteiger charge is -2.26. The third-order valence-corrected chi connectivity index (χ3v) is 12.9. The number of anilines is 5. The summed E-state index contributed by atoms with van der Waals surface area (Å²) >= 11 is 0. The van der Waals surface area contributed by atoms with Gasteiger partial charge < -0.3 is 20.2 Å². The molecule has 6 heteroatoms. The van der Waals surface area contributed by atoms with E-state index >= 15 is 0 Å². The summed E-state index contributed by atoms with van der Waals surface area (Å²) < 4.78 is 4.38. The zero-order chi connectivity index (χ0) is 45.4. The van der Waals surface area contributed by atoms with Crippen molar-refractivity contribution in [1.29, 1.82) is 5.41 Å². The lowest BCUT2D eigenvalue weighted by Crippen LogP contribution is -2.10. The van der Waals surface area contributed by atoms with Crippen molar-refractivity contribution < 1.29 is 0 Å². The van der Waals surface area contributed by atoms with E-state index in [1.54, 1.807) is 0 Å². The minimum atomic E-state index is 0.798. The molecule has 0 radical (unpaired) electrons. The van der Waals surface area contributed by atoms with Crippen LogP contribution in [0.1, 0.15) is 5.56 Å². The largest absolute Gasteiger partial charge is 0.355 e. The number of nitrogens with one attached hydrogen (secondary N) is 2. The molecule has 0 saturated heterocycles. The highest BCUT2D eigenvalue weighted by atomic mass is 15.3. The minimum absolute atomic E-state index is 0.798. The average molecular weight is 873 g/mol. The van der Waals surface area contributed by atoms with Gasteiger partial charge in [-0.3, -0.25) is 0 Å². The van der Waals surface area contributed by atoms with Crippen LogP contribution < -0.4 is 10.2 Å². The summed E-state index contributed by atoms with van der Waals surface area (Å²) in [6.45, 7) is 0. The molecule has 6 nitrogen and oxygen atoms in total. The van der Waals surface area contributed by atoms with Gasteiger partial charge in [0.15, 0.2) is 0 Å². The van der Waals surface area contributed by atoms with E-state index in [4.69, 9.17) is 10.5 Å². The molecule has 0 atom stereocenters. The molecule has 0 saturated carbocycles. The summed E-state index contributed by atoms with van der Waals surface area (Å²) in [6, 6.07) is 85.3. The Morgan fingerprint density at radius 2 is 0.897 bits per heavy atom. The van der Waals surface area contributed by atoms with Crippen LogP contribution in [0.2, 0.25) is 0 Å². The molecule has 12 aromatic rings. The Hall–Kier alpha value is -9.26. The van der Waals surface area contributed by atoms with Crippen LogP contribution in [0, 0.1) is 5.41 Å². The molecule has 12 rings (SSSR count). The topological polar surface area (TPSA) is 61.9 Å². The molecule has 10 aromatic carbocycles. The molecular formula is C62H44N6. The predicted molar refractivity (Wildman–Crippen MR) is 284 cm³/mol. The molecule has 0 amide bonds. The van der Waals surface area contributed by atoms with Crippen LogP contribution in [-0.2, 0) is 0 Å². The van der Waals surface area contributed by atoms with E-state index in [0.717, 1.165) is 89.2 Å². The van der Waals surface area contributed by atoms with Gasteiger partial charge in [-0.15, -0.1) is 0 Å². The molecule has 2 heterocycles. The summed E-state index contributed by atoms with van der Waals surface area (Å²) in [5.74, 6) is 0. The first kappa shape index (κ1) is 40.3. The van der Waals surface area contributed by atoms with E-state index in [1.165, 1.54) is 28.5 Å². The van der Waals surface area contributed by atoms with Gasteiger partial charge in [0.1, 0.15) is 0 Å². The van der Waals surface area contributed by atoms with E-state index in [9.17, 15) is 0 Å². The van der Waals surface area contributed by atoms with Crippen LogP contribution >= 0.6 is 0 Å². The summed E-state index contributed by atoms with van der Waals surface area (Å²) in [4.78, 5) is 2.29. The first-order valence-corrected chi connectivity index (χ1v) is 22.9. The van der Waals surface area contributed by atoms with E-state index in [-0.39, 0.29) is 0 Å². The number of fused-ring (bicyclic) bond motifs is 5. The first-order valence-electron chi connectivity index (χ1n) is 22.9. The van der Waals surface area contributed by atoms with Gasteiger partial charge in [0, 0.05) is 62.1 Å². The van der Waals surface area contributed by atoms with Crippen LogP contribution in [0.5, 0.6) is 0 Å². The summed E-state index contributed by atoms with van der Waals surface area (Å²) in [5.41, 5.74) is 18.0. The van der Waals surface area contributed by atoms with Gasteiger partial charge in [-0.25, -0.2) is 4.68 Å². The maximum Gasteiger partial charge on any atom is 0.0762 e. The standard InChI is InChI=1S/C62H44N6/c63-41-49-39-47(48-26-37-60-57(40-48)56-35-38-61-58(42-64-68(61)55-19-11-4-12-20-55)62(56)67(60)51-17-9-3-10-18-51)25-36-59(49)65-50-27-33-54(34-28-50)66(52-29-21-45(22-30-52)43-13-5-1-6-14-43)53-31-23-46(24-32-53)44-15-7-2-8-16-44/h1-42,63,65H. The Balaban J connectivity index is 0.863. The number of nitrogens with zero attached hydrogens (tertiary/aromatic N) is 4. The number of benzene rings is 10. The maximum absolute atomic E-state index is 8.53. The van der Waals surface area contributed by atoms with Gasteiger partial charge in [-0.1, -0.05) is 133 Å². The first-order chi connectivity index (χ1) is 33.7. The zero-order valence-corrected chi connectivity index (χ0v) is 37.0. The highest BCUT2D eigenvalue weighted by Crippen LogP contribution is 2.41. The number of aromatic nitrogens is 3. The molecule has 0 aliphatic heterocycles. The molecule has 0 fully saturated rings. The highest BCUT2D eigenvalue weighted by Gasteiger charge is 2.19. The SMILES string of the molecule is N=Cc1cc(-c2ccc3c(c2)c2ccc4c(cnn4-c4ccccc4)c2n3-c2ccccc2)ccc1Nc1ccc(N(c2ccc(-c3ccccc3)cc2)c2ccc(-c3ccccc3)cc2)cc1. The van der Waals surface area contributed by atoms with Crippen molar-refractivity contribution in [3.8, 4) is 44.8 Å². The van der Waals surface area contributed by atoms with Gasteiger partial charge >= 0.3 is 0 Å². The molecule has 68 heavy (non-hydrogen) atoms. The van der Waals surface area contributed by atoms with Gasteiger partial charge in [-0.2, -0.15) is 5.10 Å². The lowest BCUT2D eigenvalue weighted by atomic mass is 9.99. The fraction of sp³-hybridized carbons (Fsp3) is 0. The van der Waals surface area contributed by atoms with Gasteiger partial charge in [0.05, 0.1) is 28.4 Å². The third kappa shape index (κ3) is 7.36. The van der Waals surface area contributed by atoms with E-state index < -0.39 is 0 Å². The number of para-hydroxylation sites is 2. The van der Waals surface area contributed by atoms with Crippen molar-refractivity contribution in [2.45, 2.75) is 0 Å². The fourth-order valence-corrected chi connectivity index (χ4v) is 9.55. The van der Waals surface area contributed by atoms with Crippen molar-refractivity contribution in [1.82, 2.24) is 14.3 Å². The summed E-state index contributed by atoms with van der Waals surface area (Å²) in [7, 11) is 0. The van der Waals surface area contributed by atoms with Crippen molar-refractivity contribution in [2.75, 3.05) is 10.2 Å². The molecule has 0 aliphatic rings. The third-order valence-electron chi connectivity index (χ3n) is 12.9. The molecule has 0 bridgehead atoms. The fourth-order valence-electron chi connectivity index (χ4n) is 9.55. The molecule has 0 unspecified atom stereocenters. The van der Waals surface area contributed by atoms with Crippen LogP contribution in [0.3, 0.4) is 0 Å². The molecule has 2 N–H and O–H groups in total. The van der Waals surface area contributed by atoms with Crippen LogP contribution in [-0.4, -0.2) is 20.6 Å². The maximum atomic E-state index is 8.53. The average Bonchev–Trinajstić information content (AvgIpc) is 4.00. The summed E-state index contributed by atoms with van der Waals surface area (Å²) in [5, 5.41) is 20.4. The zero-order valence-electron chi connectivity index (χ0n) is 37.0.